The summed E-state index contributed by atoms with van der Waals surface area (Å²) in [5.74, 6) is 0.0449. The molecule has 2 atom stereocenters. The lowest BCUT2D eigenvalue weighted by Gasteiger charge is -2.17. The molecule has 2 rings (SSSR count). The summed E-state index contributed by atoms with van der Waals surface area (Å²) in [6, 6.07) is 8.92. The summed E-state index contributed by atoms with van der Waals surface area (Å²) in [6.45, 7) is 7.50. The lowest BCUT2D eigenvalue weighted by atomic mass is 10.1. The van der Waals surface area contributed by atoms with E-state index in [1.165, 1.54) is 7.11 Å². The van der Waals surface area contributed by atoms with Gasteiger partial charge in [0.15, 0.2) is 11.5 Å². The van der Waals surface area contributed by atoms with Crippen LogP contribution in [0.15, 0.2) is 30.3 Å². The van der Waals surface area contributed by atoms with Crippen molar-refractivity contribution in [3.8, 4) is 17.2 Å². The van der Waals surface area contributed by atoms with Gasteiger partial charge in [-0.25, -0.2) is 0 Å². The first-order valence-electron chi connectivity index (χ1n) is 8.95. The average molecular weight is 358 g/mol. The summed E-state index contributed by atoms with van der Waals surface area (Å²) in [6.07, 6.45) is 1.38. The molecule has 0 aromatic heterocycles. The molecule has 0 bridgehead atoms. The van der Waals surface area contributed by atoms with Gasteiger partial charge in [0.2, 0.25) is 0 Å². The van der Waals surface area contributed by atoms with E-state index in [2.05, 4.69) is 0 Å². The number of esters is 2. The molecule has 0 saturated heterocycles. The Hall–Kier alpha value is -2.56. The van der Waals surface area contributed by atoms with Crippen molar-refractivity contribution in [1.29, 1.82) is 0 Å². The van der Waals surface area contributed by atoms with E-state index in [0.29, 0.717) is 40.9 Å². The molecule has 140 valence electrons. The first-order chi connectivity index (χ1) is 12.4. The molecule has 0 fully saturated rings. The zero-order valence-electron chi connectivity index (χ0n) is 16.0. The molecule has 0 N–H and O–H groups in total. The van der Waals surface area contributed by atoms with E-state index >= 15 is 0 Å². The smallest absolute Gasteiger partial charge is 0.314 e. The van der Waals surface area contributed by atoms with Crippen molar-refractivity contribution in [3.05, 3.63) is 30.3 Å². The van der Waals surface area contributed by atoms with Crippen LogP contribution < -0.4 is 14.2 Å². The number of hydrogen-bond acceptors (Lipinski definition) is 5. The summed E-state index contributed by atoms with van der Waals surface area (Å²) in [5, 5.41) is 1.35. The highest BCUT2D eigenvalue weighted by Crippen LogP contribution is 2.42. The molecule has 0 aliphatic carbocycles. The minimum Gasteiger partial charge on any atom is -0.493 e. The van der Waals surface area contributed by atoms with Crippen molar-refractivity contribution in [2.24, 2.45) is 11.8 Å². The van der Waals surface area contributed by atoms with Crippen LogP contribution in [0.25, 0.3) is 10.8 Å². The van der Waals surface area contributed by atoms with E-state index in [-0.39, 0.29) is 23.8 Å². The third kappa shape index (κ3) is 4.15. The van der Waals surface area contributed by atoms with E-state index in [1.54, 1.807) is 6.07 Å². The third-order valence-corrected chi connectivity index (χ3v) is 4.59. The van der Waals surface area contributed by atoms with Crippen molar-refractivity contribution in [1.82, 2.24) is 0 Å². The Bertz CT molecular complexity index is 796. The molecular formula is C21H26O5. The SMILES string of the molecule is CCC(C)C(=O)Oc1cc(OC)c(OC(=O)C(C)CC)c2ccccc12. The number of methoxy groups -OCH3 is 1. The number of benzene rings is 2. The first kappa shape index (κ1) is 19.8. The summed E-state index contributed by atoms with van der Waals surface area (Å²) in [4.78, 5) is 24.5. The second-order valence-electron chi connectivity index (χ2n) is 6.41. The maximum Gasteiger partial charge on any atom is 0.314 e. The molecule has 0 aliphatic rings. The standard InChI is InChI=1S/C21H26O5/c1-6-13(3)20(22)25-17-12-18(24-5)19(26-21(23)14(4)7-2)16-11-9-8-10-15(16)17/h8-14H,6-7H2,1-5H3. The van der Waals surface area contributed by atoms with Gasteiger partial charge in [-0.1, -0.05) is 52.0 Å². The molecular weight excluding hydrogens is 332 g/mol. The first-order valence-corrected chi connectivity index (χ1v) is 8.95. The average Bonchev–Trinajstić information content (AvgIpc) is 2.67. The van der Waals surface area contributed by atoms with Crippen LogP contribution in [0.3, 0.4) is 0 Å². The molecule has 0 aliphatic heterocycles. The van der Waals surface area contributed by atoms with Crippen molar-refractivity contribution in [2.75, 3.05) is 7.11 Å². The van der Waals surface area contributed by atoms with Crippen molar-refractivity contribution in [3.63, 3.8) is 0 Å². The van der Waals surface area contributed by atoms with Gasteiger partial charge < -0.3 is 14.2 Å². The van der Waals surface area contributed by atoms with Crippen LogP contribution in [-0.4, -0.2) is 19.0 Å². The quantitative estimate of drug-likeness (QED) is 0.528. The van der Waals surface area contributed by atoms with Crippen molar-refractivity contribution >= 4 is 22.7 Å². The van der Waals surface area contributed by atoms with Crippen LogP contribution in [0.5, 0.6) is 17.2 Å². The number of carbonyl (C=O) groups excluding carboxylic acids is 2. The van der Waals surface area contributed by atoms with Crippen molar-refractivity contribution in [2.45, 2.75) is 40.5 Å². The van der Waals surface area contributed by atoms with Gasteiger partial charge in [0.1, 0.15) is 5.75 Å². The van der Waals surface area contributed by atoms with E-state index in [1.807, 2.05) is 52.0 Å². The zero-order chi connectivity index (χ0) is 19.3. The Kier molecular flexibility index (Phi) is 6.61. The van der Waals surface area contributed by atoms with Crippen LogP contribution in [0, 0.1) is 11.8 Å². The number of rotatable bonds is 7. The lowest BCUT2D eigenvalue weighted by Crippen LogP contribution is -2.18. The number of hydrogen-bond donors (Lipinski definition) is 0. The summed E-state index contributed by atoms with van der Waals surface area (Å²) in [7, 11) is 1.49. The molecule has 2 unspecified atom stereocenters. The van der Waals surface area contributed by atoms with E-state index in [0.717, 1.165) is 0 Å². The van der Waals surface area contributed by atoms with Crippen LogP contribution in [0.1, 0.15) is 40.5 Å². The lowest BCUT2D eigenvalue weighted by molar-refractivity contribution is -0.139. The Labute approximate surface area is 154 Å². The second kappa shape index (κ2) is 8.70. The monoisotopic (exact) mass is 358 g/mol. The van der Waals surface area contributed by atoms with E-state index in [4.69, 9.17) is 14.2 Å². The maximum atomic E-state index is 12.3. The highest BCUT2D eigenvalue weighted by atomic mass is 16.6. The van der Waals surface area contributed by atoms with Gasteiger partial charge in [-0.05, 0) is 12.8 Å². The molecule has 0 amide bonds. The molecule has 2 aromatic rings. The summed E-state index contributed by atoms with van der Waals surface area (Å²) >= 11 is 0. The highest BCUT2D eigenvalue weighted by Gasteiger charge is 2.22. The normalized spacial score (nSPS) is 13.1. The van der Waals surface area contributed by atoms with Gasteiger partial charge in [0, 0.05) is 16.8 Å². The molecule has 0 saturated carbocycles. The number of ether oxygens (including phenoxy) is 3. The fraction of sp³-hybridized carbons (Fsp3) is 0.429. The fourth-order valence-corrected chi connectivity index (χ4v) is 2.38. The Balaban J connectivity index is 2.53. The minimum absolute atomic E-state index is 0.206. The number of carbonyl (C=O) groups is 2. The molecule has 0 radical (unpaired) electrons. The third-order valence-electron chi connectivity index (χ3n) is 4.59. The maximum absolute atomic E-state index is 12.3. The fourth-order valence-electron chi connectivity index (χ4n) is 2.38. The second-order valence-corrected chi connectivity index (χ2v) is 6.41. The summed E-state index contributed by atoms with van der Waals surface area (Å²) < 4.78 is 16.6. The molecule has 0 spiro atoms. The highest BCUT2D eigenvalue weighted by molar-refractivity contribution is 5.98. The molecule has 2 aromatic carbocycles. The van der Waals surface area contributed by atoms with Gasteiger partial charge >= 0.3 is 11.9 Å². The topological polar surface area (TPSA) is 61.8 Å². The largest absolute Gasteiger partial charge is 0.493 e. The van der Waals surface area contributed by atoms with Gasteiger partial charge in [0.05, 0.1) is 18.9 Å². The zero-order valence-corrected chi connectivity index (χ0v) is 16.0. The van der Waals surface area contributed by atoms with E-state index < -0.39 is 0 Å². The van der Waals surface area contributed by atoms with Gasteiger partial charge in [-0.15, -0.1) is 0 Å². The van der Waals surface area contributed by atoms with Gasteiger partial charge in [0.25, 0.3) is 0 Å². The van der Waals surface area contributed by atoms with Gasteiger partial charge in [-0.3, -0.25) is 9.59 Å². The number of fused-ring (bicyclic) bond motifs is 1. The molecule has 0 heterocycles. The van der Waals surface area contributed by atoms with Crippen molar-refractivity contribution < 1.29 is 23.8 Å². The Morgan fingerprint density at radius 1 is 0.885 bits per heavy atom. The molecule has 26 heavy (non-hydrogen) atoms. The summed E-state index contributed by atoms with van der Waals surface area (Å²) in [5.41, 5.74) is 0. The minimum atomic E-state index is -0.319. The Morgan fingerprint density at radius 3 is 1.96 bits per heavy atom. The molecule has 5 heteroatoms. The predicted octanol–water partition coefficient (Wildman–Crippen LogP) is 4.75. The van der Waals surface area contributed by atoms with Gasteiger partial charge in [-0.2, -0.15) is 0 Å². The van der Waals surface area contributed by atoms with Crippen LogP contribution in [0.4, 0.5) is 0 Å². The van der Waals surface area contributed by atoms with Crippen LogP contribution >= 0.6 is 0 Å². The van der Waals surface area contributed by atoms with E-state index in [9.17, 15) is 9.59 Å². The molecule has 5 nitrogen and oxygen atoms in total. The van der Waals surface area contributed by atoms with Crippen LogP contribution in [0.2, 0.25) is 0 Å². The van der Waals surface area contributed by atoms with Crippen LogP contribution in [-0.2, 0) is 9.59 Å². The predicted molar refractivity (Wildman–Crippen MR) is 101 cm³/mol. The Morgan fingerprint density at radius 2 is 1.42 bits per heavy atom.